The molecule has 4 heteroatoms. The molecule has 0 aromatic carbocycles. The standard InChI is InChI=1S/C13H18N2O2/c1-4-9-15(5-2)12-8-7-11(10-14-12)13(16)17-6-3/h4,7-8,10H,1,5-6,9H2,2-3H3. The highest BCUT2D eigenvalue weighted by Gasteiger charge is 2.08. The van der Waals surface area contributed by atoms with Gasteiger partial charge in [-0.25, -0.2) is 9.78 Å². The van der Waals surface area contributed by atoms with Gasteiger partial charge in [-0.3, -0.25) is 0 Å². The van der Waals surface area contributed by atoms with E-state index < -0.39 is 0 Å². The largest absolute Gasteiger partial charge is 0.462 e. The van der Waals surface area contributed by atoms with Gasteiger partial charge < -0.3 is 9.64 Å². The Bertz CT molecular complexity index is 374. The summed E-state index contributed by atoms with van der Waals surface area (Å²) in [5.41, 5.74) is 0.477. The molecule has 0 atom stereocenters. The van der Waals surface area contributed by atoms with Crippen LogP contribution in [0, 0.1) is 0 Å². The quantitative estimate of drug-likeness (QED) is 0.559. The third-order valence-corrected chi connectivity index (χ3v) is 2.31. The van der Waals surface area contributed by atoms with E-state index in [0.29, 0.717) is 12.2 Å². The molecule has 92 valence electrons. The number of rotatable bonds is 6. The van der Waals surface area contributed by atoms with E-state index in [4.69, 9.17) is 4.74 Å². The van der Waals surface area contributed by atoms with Gasteiger partial charge in [-0.15, -0.1) is 6.58 Å². The molecule has 0 aliphatic rings. The van der Waals surface area contributed by atoms with Crippen LogP contribution in [0.2, 0.25) is 0 Å². The minimum atomic E-state index is -0.335. The number of carbonyl (C=O) groups is 1. The van der Waals surface area contributed by atoms with E-state index in [0.717, 1.165) is 18.9 Å². The van der Waals surface area contributed by atoms with Crippen molar-refractivity contribution in [3.63, 3.8) is 0 Å². The van der Waals surface area contributed by atoms with Crippen LogP contribution in [0.5, 0.6) is 0 Å². The molecule has 1 rings (SSSR count). The van der Waals surface area contributed by atoms with Crippen LogP contribution < -0.4 is 4.90 Å². The van der Waals surface area contributed by atoms with E-state index in [1.807, 2.05) is 19.1 Å². The molecule has 0 bridgehead atoms. The number of aromatic nitrogens is 1. The molecule has 0 unspecified atom stereocenters. The summed E-state index contributed by atoms with van der Waals surface area (Å²) in [5.74, 6) is 0.499. The predicted octanol–water partition coefficient (Wildman–Crippen LogP) is 2.27. The van der Waals surface area contributed by atoms with Crippen LogP contribution in [0.15, 0.2) is 31.0 Å². The summed E-state index contributed by atoms with van der Waals surface area (Å²) >= 11 is 0. The fraction of sp³-hybridized carbons (Fsp3) is 0.385. The molecular formula is C13H18N2O2. The van der Waals surface area contributed by atoms with Gasteiger partial charge in [-0.1, -0.05) is 6.08 Å². The molecule has 0 aliphatic carbocycles. The van der Waals surface area contributed by atoms with Crippen LogP contribution in [-0.4, -0.2) is 30.6 Å². The third-order valence-electron chi connectivity index (χ3n) is 2.31. The Kier molecular flexibility index (Phi) is 5.20. The van der Waals surface area contributed by atoms with E-state index in [-0.39, 0.29) is 5.97 Å². The number of esters is 1. The predicted molar refractivity (Wildman–Crippen MR) is 68.3 cm³/mol. The second-order valence-electron chi connectivity index (χ2n) is 3.45. The van der Waals surface area contributed by atoms with E-state index in [1.54, 1.807) is 19.2 Å². The third kappa shape index (κ3) is 3.59. The maximum absolute atomic E-state index is 11.4. The van der Waals surface area contributed by atoms with E-state index in [2.05, 4.69) is 16.5 Å². The number of hydrogen-bond donors (Lipinski definition) is 0. The van der Waals surface area contributed by atoms with Gasteiger partial charge in [-0.05, 0) is 26.0 Å². The van der Waals surface area contributed by atoms with Crippen molar-refractivity contribution in [1.82, 2.24) is 4.98 Å². The number of nitrogens with zero attached hydrogens (tertiary/aromatic N) is 2. The molecule has 4 nitrogen and oxygen atoms in total. The SMILES string of the molecule is C=CCN(CC)c1ccc(C(=O)OCC)cn1. The van der Waals surface area contributed by atoms with Gasteiger partial charge in [0.25, 0.3) is 0 Å². The molecule has 0 saturated heterocycles. The minimum Gasteiger partial charge on any atom is -0.462 e. The van der Waals surface area contributed by atoms with Gasteiger partial charge in [0.05, 0.1) is 12.2 Å². The first-order chi connectivity index (χ1) is 8.22. The van der Waals surface area contributed by atoms with Crippen molar-refractivity contribution in [3.8, 4) is 0 Å². The van der Waals surface area contributed by atoms with Crippen molar-refractivity contribution < 1.29 is 9.53 Å². The van der Waals surface area contributed by atoms with Crippen LogP contribution in [0.4, 0.5) is 5.82 Å². The number of ether oxygens (including phenoxy) is 1. The molecule has 0 saturated carbocycles. The number of carbonyl (C=O) groups excluding carboxylic acids is 1. The van der Waals surface area contributed by atoms with Crippen molar-refractivity contribution in [2.45, 2.75) is 13.8 Å². The average molecular weight is 234 g/mol. The molecule has 1 heterocycles. The zero-order chi connectivity index (χ0) is 12.7. The van der Waals surface area contributed by atoms with E-state index >= 15 is 0 Å². The Hall–Kier alpha value is -1.84. The number of anilines is 1. The number of pyridine rings is 1. The van der Waals surface area contributed by atoms with Gasteiger partial charge >= 0.3 is 5.97 Å². The molecule has 1 aromatic heterocycles. The molecule has 1 aromatic rings. The Morgan fingerprint density at radius 2 is 2.29 bits per heavy atom. The van der Waals surface area contributed by atoms with Gasteiger partial charge in [-0.2, -0.15) is 0 Å². The lowest BCUT2D eigenvalue weighted by Crippen LogP contribution is -2.23. The first-order valence-corrected chi connectivity index (χ1v) is 5.71. The van der Waals surface area contributed by atoms with E-state index in [1.165, 1.54) is 0 Å². The molecule has 0 radical (unpaired) electrons. The summed E-state index contributed by atoms with van der Waals surface area (Å²) in [4.78, 5) is 17.7. The highest BCUT2D eigenvalue weighted by atomic mass is 16.5. The summed E-state index contributed by atoms with van der Waals surface area (Å²) in [6.07, 6.45) is 3.36. The van der Waals surface area contributed by atoms with Crippen molar-refractivity contribution in [2.75, 3.05) is 24.6 Å². The lowest BCUT2D eigenvalue weighted by atomic mass is 10.3. The Balaban J connectivity index is 2.79. The van der Waals surface area contributed by atoms with Crippen molar-refractivity contribution >= 4 is 11.8 Å². The monoisotopic (exact) mass is 234 g/mol. The minimum absolute atomic E-state index is 0.335. The molecule has 0 spiro atoms. The molecule has 17 heavy (non-hydrogen) atoms. The average Bonchev–Trinajstić information content (AvgIpc) is 2.36. The summed E-state index contributed by atoms with van der Waals surface area (Å²) in [5, 5.41) is 0. The zero-order valence-corrected chi connectivity index (χ0v) is 10.3. The van der Waals surface area contributed by atoms with Crippen LogP contribution in [0.3, 0.4) is 0 Å². The van der Waals surface area contributed by atoms with Crippen LogP contribution in [0.25, 0.3) is 0 Å². The first kappa shape index (κ1) is 13.2. The second-order valence-corrected chi connectivity index (χ2v) is 3.45. The molecule has 0 amide bonds. The van der Waals surface area contributed by atoms with Crippen LogP contribution in [0.1, 0.15) is 24.2 Å². The Labute approximate surface area is 102 Å². The Morgan fingerprint density at radius 1 is 1.53 bits per heavy atom. The fourth-order valence-electron chi connectivity index (χ4n) is 1.45. The molecule has 0 fully saturated rings. The zero-order valence-electron chi connectivity index (χ0n) is 10.3. The van der Waals surface area contributed by atoms with E-state index in [9.17, 15) is 4.79 Å². The summed E-state index contributed by atoms with van der Waals surface area (Å²) in [6, 6.07) is 3.55. The fourth-order valence-corrected chi connectivity index (χ4v) is 1.45. The molecular weight excluding hydrogens is 216 g/mol. The number of hydrogen-bond acceptors (Lipinski definition) is 4. The number of likely N-dealkylation sites (N-methyl/N-ethyl adjacent to an activating group) is 1. The highest BCUT2D eigenvalue weighted by molar-refractivity contribution is 5.89. The maximum Gasteiger partial charge on any atom is 0.339 e. The van der Waals surface area contributed by atoms with Gasteiger partial charge in [0.2, 0.25) is 0 Å². The maximum atomic E-state index is 11.4. The lowest BCUT2D eigenvalue weighted by Gasteiger charge is -2.19. The first-order valence-electron chi connectivity index (χ1n) is 5.71. The van der Waals surface area contributed by atoms with Crippen molar-refractivity contribution in [2.24, 2.45) is 0 Å². The smallest absolute Gasteiger partial charge is 0.339 e. The van der Waals surface area contributed by atoms with Crippen molar-refractivity contribution in [3.05, 3.63) is 36.5 Å². The van der Waals surface area contributed by atoms with Gasteiger partial charge in [0, 0.05) is 19.3 Å². The Morgan fingerprint density at radius 3 is 2.76 bits per heavy atom. The van der Waals surface area contributed by atoms with Gasteiger partial charge in [0.1, 0.15) is 5.82 Å². The highest BCUT2D eigenvalue weighted by Crippen LogP contribution is 2.11. The molecule has 0 aliphatic heterocycles. The van der Waals surface area contributed by atoms with Crippen LogP contribution >= 0.6 is 0 Å². The summed E-state index contributed by atoms with van der Waals surface area (Å²) in [6.45, 7) is 9.48. The summed E-state index contributed by atoms with van der Waals surface area (Å²) in [7, 11) is 0. The second kappa shape index (κ2) is 6.68. The van der Waals surface area contributed by atoms with Gasteiger partial charge in [0.15, 0.2) is 0 Å². The topological polar surface area (TPSA) is 42.4 Å². The van der Waals surface area contributed by atoms with Crippen LogP contribution in [-0.2, 0) is 4.74 Å². The summed E-state index contributed by atoms with van der Waals surface area (Å²) < 4.78 is 4.89. The molecule has 0 N–H and O–H groups in total. The normalized spacial score (nSPS) is 9.76. The lowest BCUT2D eigenvalue weighted by molar-refractivity contribution is 0.0526. The van der Waals surface area contributed by atoms with Crippen molar-refractivity contribution in [1.29, 1.82) is 0 Å².